The number of carbonyl (C=O) groups is 2. The molecule has 2 aliphatic heterocycles. The number of hydrogen-bond acceptors (Lipinski definition) is 6. The fourth-order valence-electron chi connectivity index (χ4n) is 4.38. The molecule has 1 aromatic heterocycles. The normalized spacial score (nSPS) is 31.1. The Hall–Kier alpha value is -2.72. The Bertz CT molecular complexity index is 1160. The fraction of sp³-hybridized carbons (Fsp3) is 0.333. The van der Waals surface area contributed by atoms with E-state index >= 15 is 0 Å². The van der Waals surface area contributed by atoms with Crippen LogP contribution < -0.4 is 11.1 Å². The first-order valence-corrected chi connectivity index (χ1v) is 11.3. The minimum atomic E-state index is -1.90. The van der Waals surface area contributed by atoms with Crippen molar-refractivity contribution in [2.75, 3.05) is 12.0 Å². The highest BCUT2D eigenvalue weighted by Crippen LogP contribution is 2.52. The quantitative estimate of drug-likeness (QED) is 0.638. The zero-order valence-electron chi connectivity index (χ0n) is 16.8. The second kappa shape index (κ2) is 8.00. The predicted molar refractivity (Wildman–Crippen MR) is 117 cm³/mol. The number of nitrogens with one attached hydrogen (secondary N) is 1. The Labute approximate surface area is 189 Å². The van der Waals surface area contributed by atoms with Crippen LogP contribution in [0.5, 0.6) is 0 Å². The minimum Gasteiger partial charge on any atom is -0.386 e. The van der Waals surface area contributed by atoms with Crippen LogP contribution in [0.1, 0.15) is 29.4 Å². The molecule has 7 nitrogen and oxygen atoms in total. The van der Waals surface area contributed by atoms with Gasteiger partial charge in [0.1, 0.15) is 40.6 Å². The summed E-state index contributed by atoms with van der Waals surface area (Å²) in [6.45, 7) is 0.445. The van der Waals surface area contributed by atoms with Crippen molar-refractivity contribution in [3.63, 3.8) is 0 Å². The summed E-state index contributed by atoms with van der Waals surface area (Å²) in [7, 11) is -1.90. The molecule has 11 heteroatoms. The van der Waals surface area contributed by atoms with E-state index in [2.05, 4.69) is 15.3 Å². The largest absolute Gasteiger partial charge is 0.386 e. The Morgan fingerprint density at radius 3 is 2.78 bits per heavy atom. The van der Waals surface area contributed by atoms with E-state index in [-0.39, 0.29) is 29.2 Å². The van der Waals surface area contributed by atoms with Gasteiger partial charge in [-0.2, -0.15) is 0 Å². The van der Waals surface area contributed by atoms with Crippen molar-refractivity contribution in [3.8, 4) is 0 Å². The van der Waals surface area contributed by atoms with E-state index in [1.54, 1.807) is 6.92 Å². The van der Waals surface area contributed by atoms with Gasteiger partial charge in [0.05, 0.1) is 10.3 Å². The first-order valence-electron chi connectivity index (χ1n) is 9.68. The second-order valence-electron chi connectivity index (χ2n) is 7.94. The minimum absolute atomic E-state index is 0.0275. The number of pyridine rings is 1. The molecule has 1 fully saturated rings. The van der Waals surface area contributed by atoms with Crippen molar-refractivity contribution in [2.24, 2.45) is 16.6 Å². The highest BCUT2D eigenvalue weighted by molar-refractivity contribution is 7.88. The molecule has 3 heterocycles. The number of nitrogens with zero attached hydrogens (tertiary/aromatic N) is 2. The monoisotopic (exact) mass is 480 g/mol. The number of aromatic nitrogens is 1. The summed E-state index contributed by atoms with van der Waals surface area (Å²) in [6.07, 6.45) is 1.91. The van der Waals surface area contributed by atoms with E-state index in [1.807, 2.05) is 0 Å². The maximum Gasteiger partial charge on any atom is 0.274 e. The number of alkyl halides is 1. The van der Waals surface area contributed by atoms with Crippen LogP contribution in [0.25, 0.3) is 0 Å². The summed E-state index contributed by atoms with van der Waals surface area (Å²) >= 11 is 5.78. The van der Waals surface area contributed by atoms with Crippen molar-refractivity contribution in [2.45, 2.75) is 28.9 Å². The molecule has 3 N–H and O–H groups in total. The summed E-state index contributed by atoms with van der Waals surface area (Å²) in [6, 6.07) is 6.82. The van der Waals surface area contributed by atoms with Gasteiger partial charge in [-0.3, -0.25) is 14.0 Å². The number of aliphatic imine (C=N–C) groups is 1. The van der Waals surface area contributed by atoms with Crippen LogP contribution in [-0.4, -0.2) is 43.9 Å². The highest BCUT2D eigenvalue weighted by atomic mass is 35.5. The van der Waals surface area contributed by atoms with Gasteiger partial charge < -0.3 is 15.8 Å². The van der Waals surface area contributed by atoms with Crippen molar-refractivity contribution in [1.29, 1.82) is 0 Å². The van der Waals surface area contributed by atoms with E-state index in [1.165, 1.54) is 30.5 Å². The number of benzene rings is 1. The van der Waals surface area contributed by atoms with Crippen LogP contribution in [0.3, 0.4) is 0 Å². The van der Waals surface area contributed by atoms with Crippen LogP contribution in [0, 0.1) is 11.7 Å². The number of rotatable bonds is 5. The van der Waals surface area contributed by atoms with Crippen LogP contribution in [0.15, 0.2) is 41.5 Å². The van der Waals surface area contributed by atoms with Crippen molar-refractivity contribution in [3.05, 3.63) is 58.6 Å². The molecule has 32 heavy (non-hydrogen) atoms. The Balaban J connectivity index is 1.73. The van der Waals surface area contributed by atoms with Gasteiger partial charge in [-0.05, 0) is 43.7 Å². The highest BCUT2D eigenvalue weighted by Gasteiger charge is 2.65. The lowest BCUT2D eigenvalue weighted by atomic mass is 9.83. The SMILES string of the molecule is C[C@]1(c2cc(NC(=O)c3ccc(Cl)cn3)ccc2F)N=C(N)[C@@]2(CF)C(C=O)C[C@@H]1S2=O. The lowest BCUT2D eigenvalue weighted by Gasteiger charge is -2.39. The molecule has 0 radical (unpaired) electrons. The molecule has 0 saturated carbocycles. The van der Waals surface area contributed by atoms with Gasteiger partial charge in [0.15, 0.2) is 0 Å². The Morgan fingerprint density at radius 2 is 2.16 bits per heavy atom. The summed E-state index contributed by atoms with van der Waals surface area (Å²) in [4.78, 5) is 32.4. The average Bonchev–Trinajstić information content (AvgIpc) is 3.02. The Morgan fingerprint density at radius 1 is 1.41 bits per heavy atom. The average molecular weight is 481 g/mol. The lowest BCUT2D eigenvalue weighted by molar-refractivity contribution is -0.111. The Kier molecular flexibility index (Phi) is 5.62. The molecule has 1 saturated heterocycles. The molecule has 1 amide bonds. The number of aldehydes is 1. The standard InChI is InChI=1S/C21H19ClF2N4O3S/c1-20(17-6-11(9-29)21(10-23,32(17)31)19(25)28-20)14-7-13(3-4-15(14)24)27-18(30)16-5-2-12(22)8-26-16/h2-5,7-9,11,17H,6,10H2,1H3,(H2,25,28)(H,27,30)/t11?,17-,20+,21+,32?/m0/s1. The number of carbonyl (C=O) groups excluding carboxylic acids is 2. The zero-order valence-corrected chi connectivity index (χ0v) is 18.4. The van der Waals surface area contributed by atoms with Crippen molar-refractivity contribution < 1.29 is 22.6 Å². The lowest BCUT2D eigenvalue weighted by Crippen LogP contribution is -2.58. The maximum absolute atomic E-state index is 14.9. The molecule has 2 bridgehead atoms. The van der Waals surface area contributed by atoms with Crippen LogP contribution >= 0.6 is 11.6 Å². The third kappa shape index (κ3) is 3.24. The topological polar surface area (TPSA) is 115 Å². The number of halogens is 3. The van der Waals surface area contributed by atoms with E-state index in [0.29, 0.717) is 11.3 Å². The summed E-state index contributed by atoms with van der Waals surface area (Å²) in [5.74, 6) is -2.40. The van der Waals surface area contributed by atoms with Gasteiger partial charge in [-0.15, -0.1) is 0 Å². The molecule has 0 aliphatic carbocycles. The summed E-state index contributed by atoms with van der Waals surface area (Å²) < 4.78 is 40.5. The second-order valence-corrected chi connectivity index (χ2v) is 10.3. The smallest absolute Gasteiger partial charge is 0.274 e. The number of amides is 1. The molecule has 0 spiro atoms. The number of anilines is 1. The molecule has 4 rings (SSSR count). The molecular weight excluding hydrogens is 462 g/mol. The predicted octanol–water partition coefficient (Wildman–Crippen LogP) is 2.76. The first-order chi connectivity index (χ1) is 15.2. The van der Waals surface area contributed by atoms with Gasteiger partial charge in [0, 0.05) is 34.2 Å². The van der Waals surface area contributed by atoms with Gasteiger partial charge >= 0.3 is 0 Å². The fourth-order valence-corrected chi connectivity index (χ4v) is 6.78. The van der Waals surface area contributed by atoms with Crippen LogP contribution in [-0.2, 0) is 21.1 Å². The van der Waals surface area contributed by atoms with Gasteiger partial charge in [-0.25, -0.2) is 13.8 Å². The zero-order chi connectivity index (χ0) is 23.3. The number of hydrogen-bond donors (Lipinski definition) is 2. The van der Waals surface area contributed by atoms with E-state index in [0.717, 1.165) is 6.07 Å². The summed E-state index contributed by atoms with van der Waals surface area (Å²) in [5.41, 5.74) is 4.99. The molecule has 168 valence electrons. The van der Waals surface area contributed by atoms with Crippen molar-refractivity contribution in [1.82, 2.24) is 4.98 Å². The van der Waals surface area contributed by atoms with Crippen LogP contribution in [0.2, 0.25) is 5.02 Å². The third-order valence-electron chi connectivity index (χ3n) is 6.19. The van der Waals surface area contributed by atoms with E-state index in [4.69, 9.17) is 17.3 Å². The van der Waals surface area contributed by atoms with E-state index in [9.17, 15) is 22.6 Å². The van der Waals surface area contributed by atoms with Gasteiger partial charge in [0.25, 0.3) is 5.91 Å². The molecule has 2 aliphatic rings. The van der Waals surface area contributed by atoms with Gasteiger partial charge in [-0.1, -0.05) is 11.6 Å². The van der Waals surface area contributed by atoms with E-state index < -0.39 is 50.7 Å². The molecular formula is C21H19ClF2N4O3S. The first kappa shape index (κ1) is 22.5. The van der Waals surface area contributed by atoms with Crippen LogP contribution in [0.4, 0.5) is 14.5 Å². The van der Waals surface area contributed by atoms with Gasteiger partial charge in [0.2, 0.25) is 0 Å². The summed E-state index contributed by atoms with van der Waals surface area (Å²) in [5, 5.41) is 2.16. The molecule has 1 aromatic carbocycles. The third-order valence-corrected chi connectivity index (χ3v) is 8.92. The number of amidine groups is 1. The molecule has 5 atom stereocenters. The van der Waals surface area contributed by atoms with Crippen molar-refractivity contribution >= 4 is 46.1 Å². The molecule has 2 unspecified atom stereocenters. The molecule has 2 aromatic rings. The maximum atomic E-state index is 14.9. The number of fused-ring (bicyclic) bond motifs is 2. The number of nitrogens with two attached hydrogens (primary N) is 1.